The molecule has 0 bridgehead atoms. The summed E-state index contributed by atoms with van der Waals surface area (Å²) in [4.78, 5) is 26.0. The number of fused-ring (bicyclic) bond motifs is 1. The summed E-state index contributed by atoms with van der Waals surface area (Å²) in [5.74, 6) is -0.237. The van der Waals surface area contributed by atoms with Crippen LogP contribution >= 0.6 is 0 Å². The van der Waals surface area contributed by atoms with Crippen LogP contribution in [-0.4, -0.2) is 110 Å². The number of amides is 1. The average Bonchev–Trinajstić information content (AvgIpc) is 3.23. The van der Waals surface area contributed by atoms with Crippen LogP contribution in [0.25, 0.3) is 0 Å². The summed E-state index contributed by atoms with van der Waals surface area (Å²) in [5.41, 5.74) is 3.67. The Hall–Kier alpha value is -2.47. The normalized spacial score (nSPS) is 26.8. The van der Waals surface area contributed by atoms with Gasteiger partial charge in [0.25, 0.3) is 0 Å². The van der Waals surface area contributed by atoms with Gasteiger partial charge in [0.1, 0.15) is 11.9 Å². The first-order chi connectivity index (χ1) is 20.5. The van der Waals surface area contributed by atoms with E-state index in [9.17, 15) is 14.3 Å². The molecule has 3 aliphatic rings. The molecule has 0 spiro atoms. The van der Waals surface area contributed by atoms with Crippen LogP contribution in [0.2, 0.25) is 0 Å². The van der Waals surface area contributed by atoms with Crippen LogP contribution in [0, 0.1) is 5.82 Å². The number of piperazine rings is 1. The highest BCUT2D eigenvalue weighted by molar-refractivity contribution is 5.97. The fraction of sp³-hybridized carbons (Fsp3) is 0.636. The van der Waals surface area contributed by atoms with Gasteiger partial charge >= 0.3 is 0 Å². The van der Waals surface area contributed by atoms with Gasteiger partial charge in [0.05, 0.1) is 43.4 Å². The van der Waals surface area contributed by atoms with Gasteiger partial charge in [0, 0.05) is 62.9 Å². The second kappa shape index (κ2) is 13.3. The van der Waals surface area contributed by atoms with Crippen molar-refractivity contribution in [2.24, 2.45) is 0 Å². The van der Waals surface area contributed by atoms with Crippen LogP contribution in [0.5, 0.6) is 0 Å². The molecular formula is C33H48FN5O4. The second-order valence-corrected chi connectivity index (χ2v) is 13.3. The molecule has 10 heteroatoms. The lowest BCUT2D eigenvalue weighted by Gasteiger charge is -2.46. The molecule has 0 unspecified atom stereocenters. The zero-order valence-corrected chi connectivity index (χ0v) is 26.5. The molecular weight excluding hydrogens is 549 g/mol. The van der Waals surface area contributed by atoms with E-state index in [2.05, 4.69) is 49.7 Å². The van der Waals surface area contributed by atoms with Crippen molar-refractivity contribution in [3.8, 4) is 0 Å². The van der Waals surface area contributed by atoms with E-state index >= 15 is 0 Å². The van der Waals surface area contributed by atoms with E-state index in [1.54, 1.807) is 19.2 Å². The summed E-state index contributed by atoms with van der Waals surface area (Å²) in [5, 5.41) is 13.7. The van der Waals surface area contributed by atoms with Crippen LogP contribution in [0.4, 0.5) is 10.1 Å². The number of ether oxygens (including phenoxy) is 2. The highest BCUT2D eigenvalue weighted by Gasteiger charge is 2.42. The van der Waals surface area contributed by atoms with Crippen molar-refractivity contribution in [3.63, 3.8) is 0 Å². The van der Waals surface area contributed by atoms with Gasteiger partial charge < -0.3 is 24.8 Å². The lowest BCUT2D eigenvalue weighted by molar-refractivity contribution is -0.121. The molecule has 1 aromatic heterocycles. The van der Waals surface area contributed by atoms with Gasteiger partial charge in [-0.15, -0.1) is 0 Å². The molecule has 1 aromatic carbocycles. The third-order valence-electron chi connectivity index (χ3n) is 9.30. The number of nitrogens with zero attached hydrogens (tertiary/aromatic N) is 4. The van der Waals surface area contributed by atoms with Crippen molar-refractivity contribution in [3.05, 3.63) is 58.7 Å². The third kappa shape index (κ3) is 6.95. The molecule has 0 aliphatic carbocycles. The van der Waals surface area contributed by atoms with Gasteiger partial charge in [-0.2, -0.15) is 0 Å². The fourth-order valence-electron chi connectivity index (χ4n) is 6.86. The molecule has 2 N–H and O–H groups in total. The number of aliphatic hydroxyl groups is 1. The number of morpholine rings is 1. The van der Waals surface area contributed by atoms with Crippen LogP contribution in [0.1, 0.15) is 63.2 Å². The molecule has 0 saturated carbocycles. The lowest BCUT2D eigenvalue weighted by atomic mass is 9.90. The summed E-state index contributed by atoms with van der Waals surface area (Å²) in [6, 6.07) is 9.59. The maximum Gasteiger partial charge on any atom is 0.241 e. The molecule has 3 aliphatic heterocycles. The number of hydrogen-bond acceptors (Lipinski definition) is 8. The van der Waals surface area contributed by atoms with Gasteiger partial charge in [-0.1, -0.05) is 26.0 Å². The standard InChI is InChI=1S/C33H48FN5O4/c1-21-14-37(27(13-35-21)15-38-22(2)18-43-19-23(38)3)16-30(41)39-20-33(4,5)32-28(39)12-25(31(36-32)29(17-40)42-6)11-24-7-9-26(34)10-8-24/h7-10,12,21-23,27,29,35,40H,11,13-20H2,1-6H3/t21-,22-,23-,27-,29+/m1/s1. The molecule has 9 nitrogen and oxygen atoms in total. The van der Waals surface area contributed by atoms with Crippen LogP contribution in [-0.2, 0) is 26.1 Å². The number of carbonyl (C=O) groups is 1. The van der Waals surface area contributed by atoms with E-state index in [1.807, 2.05) is 11.0 Å². The van der Waals surface area contributed by atoms with Crippen molar-refractivity contribution in [1.29, 1.82) is 0 Å². The molecule has 236 valence electrons. The Morgan fingerprint density at radius 1 is 1.21 bits per heavy atom. The van der Waals surface area contributed by atoms with Crippen LogP contribution < -0.4 is 10.2 Å². The SMILES string of the molecule is CO[C@@H](CO)c1nc2c(cc1Cc1ccc(F)cc1)N(C(=O)CN1C[C@@H](C)NC[C@@H]1CN1[C@H](C)COC[C@H]1C)CC2(C)C. The molecule has 2 saturated heterocycles. The first-order valence-electron chi connectivity index (χ1n) is 15.5. The summed E-state index contributed by atoms with van der Waals surface area (Å²) >= 11 is 0. The number of aromatic nitrogens is 1. The molecule has 5 atom stereocenters. The monoisotopic (exact) mass is 597 g/mol. The second-order valence-electron chi connectivity index (χ2n) is 13.3. The summed E-state index contributed by atoms with van der Waals surface area (Å²) in [6.45, 7) is 15.4. The van der Waals surface area contributed by atoms with E-state index in [0.717, 1.165) is 55.4 Å². The smallest absolute Gasteiger partial charge is 0.241 e. The summed E-state index contributed by atoms with van der Waals surface area (Å²) < 4.78 is 25.0. The van der Waals surface area contributed by atoms with Gasteiger partial charge in [0.15, 0.2) is 0 Å². The van der Waals surface area contributed by atoms with Crippen LogP contribution in [0.3, 0.4) is 0 Å². The summed E-state index contributed by atoms with van der Waals surface area (Å²) in [7, 11) is 1.56. The zero-order valence-electron chi connectivity index (χ0n) is 26.5. The summed E-state index contributed by atoms with van der Waals surface area (Å²) in [6.07, 6.45) is -0.125. The topological polar surface area (TPSA) is 90.4 Å². The molecule has 2 aromatic rings. The molecule has 5 rings (SSSR count). The van der Waals surface area contributed by atoms with Gasteiger partial charge in [0.2, 0.25) is 5.91 Å². The number of hydrogen-bond donors (Lipinski definition) is 2. The maximum absolute atomic E-state index is 14.2. The fourth-order valence-corrected chi connectivity index (χ4v) is 6.86. The number of halogens is 1. The van der Waals surface area contributed by atoms with Crippen molar-refractivity contribution in [2.45, 2.75) is 76.7 Å². The van der Waals surface area contributed by atoms with Gasteiger partial charge in [-0.3, -0.25) is 19.6 Å². The first kappa shape index (κ1) is 31.9. The number of benzene rings is 1. The Kier molecular flexibility index (Phi) is 9.85. The average molecular weight is 598 g/mol. The number of aliphatic hydroxyl groups excluding tert-OH is 1. The van der Waals surface area contributed by atoms with Crippen molar-refractivity contribution in [1.82, 2.24) is 20.1 Å². The van der Waals surface area contributed by atoms with E-state index in [4.69, 9.17) is 14.5 Å². The van der Waals surface area contributed by atoms with Crippen molar-refractivity contribution < 1.29 is 23.8 Å². The zero-order chi connectivity index (χ0) is 30.9. The Labute approximate surface area is 255 Å². The molecule has 1 amide bonds. The highest BCUT2D eigenvalue weighted by atomic mass is 19.1. The Morgan fingerprint density at radius 3 is 2.56 bits per heavy atom. The number of anilines is 1. The third-order valence-corrected chi connectivity index (χ3v) is 9.30. The number of nitrogens with one attached hydrogen (secondary N) is 1. The Morgan fingerprint density at radius 2 is 1.91 bits per heavy atom. The van der Waals surface area contributed by atoms with E-state index in [-0.39, 0.29) is 29.8 Å². The number of rotatable bonds is 9. The molecule has 43 heavy (non-hydrogen) atoms. The predicted molar refractivity (Wildman–Crippen MR) is 165 cm³/mol. The maximum atomic E-state index is 14.2. The Bertz CT molecular complexity index is 1260. The largest absolute Gasteiger partial charge is 0.393 e. The molecule has 0 radical (unpaired) electrons. The minimum atomic E-state index is -0.602. The van der Waals surface area contributed by atoms with Crippen molar-refractivity contribution >= 4 is 11.6 Å². The minimum absolute atomic E-state index is 0.0572. The van der Waals surface area contributed by atoms with Gasteiger partial charge in [-0.05, 0) is 56.5 Å². The number of carbonyl (C=O) groups excluding carboxylic acids is 1. The van der Waals surface area contributed by atoms with E-state index in [0.29, 0.717) is 43.3 Å². The van der Waals surface area contributed by atoms with Crippen LogP contribution in [0.15, 0.2) is 30.3 Å². The quantitative estimate of drug-likeness (QED) is 0.456. The van der Waals surface area contributed by atoms with Gasteiger partial charge in [-0.25, -0.2) is 4.39 Å². The van der Waals surface area contributed by atoms with E-state index < -0.39 is 6.10 Å². The minimum Gasteiger partial charge on any atom is -0.393 e. The predicted octanol–water partition coefficient (Wildman–Crippen LogP) is 2.89. The number of pyridine rings is 1. The number of methoxy groups -OCH3 is 1. The highest BCUT2D eigenvalue weighted by Crippen LogP contribution is 2.42. The van der Waals surface area contributed by atoms with Crippen molar-refractivity contribution in [2.75, 3.05) is 64.6 Å². The molecule has 2 fully saturated rings. The van der Waals surface area contributed by atoms with E-state index in [1.165, 1.54) is 12.1 Å². The first-order valence-corrected chi connectivity index (χ1v) is 15.5. The molecule has 4 heterocycles. The Balaban J connectivity index is 1.43. The lowest BCUT2D eigenvalue weighted by Crippen LogP contribution is -2.63.